The zero-order valence-electron chi connectivity index (χ0n) is 14.6. The second-order valence-corrected chi connectivity index (χ2v) is 6.65. The third-order valence-electron chi connectivity index (χ3n) is 5.41. The highest BCUT2D eigenvalue weighted by Gasteiger charge is 2.47. The molecule has 0 saturated heterocycles. The molecule has 0 bridgehead atoms. The van der Waals surface area contributed by atoms with Crippen LogP contribution in [0, 0.1) is 11.7 Å². The number of fused-ring (bicyclic) bond motifs is 4. The van der Waals surface area contributed by atoms with E-state index in [1.54, 1.807) is 27.4 Å². The van der Waals surface area contributed by atoms with E-state index < -0.39 is 0 Å². The molecule has 5 unspecified atom stereocenters. The van der Waals surface area contributed by atoms with Gasteiger partial charge in [-0.05, 0) is 18.6 Å². The molecule has 5 atom stereocenters. The van der Waals surface area contributed by atoms with Crippen LogP contribution >= 0.6 is 0 Å². The molecule has 0 radical (unpaired) electrons. The van der Waals surface area contributed by atoms with Gasteiger partial charge >= 0.3 is 0 Å². The van der Waals surface area contributed by atoms with Gasteiger partial charge in [-0.2, -0.15) is 0 Å². The summed E-state index contributed by atoms with van der Waals surface area (Å²) in [5.74, 6) is 0.345. The highest BCUT2D eigenvalue weighted by molar-refractivity contribution is 6.15. The summed E-state index contributed by atoms with van der Waals surface area (Å²) >= 11 is 0. The summed E-state index contributed by atoms with van der Waals surface area (Å²) in [6.45, 7) is 0.389. The Morgan fingerprint density at radius 2 is 1.92 bits per heavy atom. The first kappa shape index (κ1) is 16.7. The predicted octanol–water partition coefficient (Wildman–Crippen LogP) is 2.38. The molecular weight excluding hydrogens is 325 g/mol. The minimum absolute atomic E-state index is 0.0380. The molecule has 3 aliphatic rings. The summed E-state index contributed by atoms with van der Waals surface area (Å²) in [6.07, 6.45) is 2.58. The highest BCUT2D eigenvalue weighted by atomic mass is 19.1. The molecular formula is C19H22FNO4. The molecule has 1 aromatic carbocycles. The molecule has 134 valence electrons. The average molecular weight is 347 g/mol. The number of aliphatic imine (C=N–C) groups is 1. The van der Waals surface area contributed by atoms with Gasteiger partial charge in [-0.1, -0.05) is 6.08 Å². The van der Waals surface area contributed by atoms with Crippen LogP contribution < -0.4 is 4.74 Å². The maximum absolute atomic E-state index is 13.5. The molecule has 1 aliphatic carbocycles. The number of nitrogens with zero attached hydrogens (tertiary/aromatic N) is 1. The summed E-state index contributed by atoms with van der Waals surface area (Å²) in [4.78, 5) is 4.99. The minimum atomic E-state index is -0.306. The molecule has 1 fully saturated rings. The quantitative estimate of drug-likeness (QED) is 0.842. The van der Waals surface area contributed by atoms with Gasteiger partial charge in [-0.25, -0.2) is 4.39 Å². The average Bonchev–Trinajstić information content (AvgIpc) is 2.64. The van der Waals surface area contributed by atoms with Gasteiger partial charge in [0, 0.05) is 44.5 Å². The lowest BCUT2D eigenvalue weighted by atomic mass is 9.75. The van der Waals surface area contributed by atoms with Crippen molar-refractivity contribution in [3.63, 3.8) is 0 Å². The fraction of sp³-hybridized carbons (Fsp3) is 0.526. The third kappa shape index (κ3) is 2.69. The predicted molar refractivity (Wildman–Crippen MR) is 90.8 cm³/mol. The Morgan fingerprint density at radius 3 is 2.64 bits per heavy atom. The van der Waals surface area contributed by atoms with Crippen molar-refractivity contribution in [2.24, 2.45) is 10.9 Å². The van der Waals surface area contributed by atoms with Gasteiger partial charge in [0.25, 0.3) is 0 Å². The summed E-state index contributed by atoms with van der Waals surface area (Å²) < 4.78 is 36.2. The number of benzene rings is 1. The van der Waals surface area contributed by atoms with Crippen molar-refractivity contribution in [1.82, 2.24) is 0 Å². The molecule has 5 nitrogen and oxygen atoms in total. The number of hydrogen-bond acceptors (Lipinski definition) is 5. The minimum Gasteiger partial charge on any atom is -0.488 e. The normalized spacial score (nSPS) is 33.4. The second-order valence-electron chi connectivity index (χ2n) is 6.65. The zero-order valence-corrected chi connectivity index (χ0v) is 14.6. The zero-order chi connectivity index (χ0) is 17.6. The van der Waals surface area contributed by atoms with E-state index in [4.69, 9.17) is 23.9 Å². The number of rotatable bonds is 3. The van der Waals surface area contributed by atoms with Crippen LogP contribution in [0.1, 0.15) is 12.0 Å². The lowest BCUT2D eigenvalue weighted by molar-refractivity contribution is -0.146. The molecule has 2 aliphatic heterocycles. The molecule has 2 heterocycles. The summed E-state index contributed by atoms with van der Waals surface area (Å²) in [5.41, 5.74) is 2.75. The van der Waals surface area contributed by atoms with Crippen molar-refractivity contribution in [1.29, 1.82) is 0 Å². The Hall–Kier alpha value is -1.76. The molecule has 4 rings (SSSR count). The van der Waals surface area contributed by atoms with E-state index in [1.165, 1.54) is 12.1 Å². The molecule has 1 saturated carbocycles. The van der Waals surface area contributed by atoms with Crippen LogP contribution in [-0.2, 0) is 14.2 Å². The maximum atomic E-state index is 13.5. The number of dihydropyridines is 1. The van der Waals surface area contributed by atoms with E-state index in [9.17, 15) is 4.39 Å². The monoisotopic (exact) mass is 347 g/mol. The number of halogens is 1. The van der Waals surface area contributed by atoms with Crippen molar-refractivity contribution in [3.8, 4) is 5.75 Å². The Balaban J connectivity index is 1.73. The largest absolute Gasteiger partial charge is 0.488 e. The lowest BCUT2D eigenvalue weighted by Gasteiger charge is -2.45. The van der Waals surface area contributed by atoms with Crippen LogP contribution in [0.25, 0.3) is 0 Å². The Bertz CT molecular complexity index is 732. The summed E-state index contributed by atoms with van der Waals surface area (Å²) in [7, 11) is 5.06. The Labute approximate surface area is 146 Å². The van der Waals surface area contributed by atoms with Crippen LogP contribution in [0.5, 0.6) is 5.75 Å². The van der Waals surface area contributed by atoms with E-state index in [0.717, 1.165) is 23.3 Å². The molecule has 6 heteroatoms. The molecule has 0 aromatic heterocycles. The third-order valence-corrected chi connectivity index (χ3v) is 5.41. The van der Waals surface area contributed by atoms with Crippen molar-refractivity contribution in [3.05, 3.63) is 41.2 Å². The van der Waals surface area contributed by atoms with Gasteiger partial charge in [0.2, 0.25) is 0 Å². The second kappa shape index (κ2) is 6.52. The first-order valence-electron chi connectivity index (χ1n) is 8.46. The van der Waals surface area contributed by atoms with Crippen molar-refractivity contribution in [2.75, 3.05) is 27.9 Å². The number of methoxy groups -OCH3 is 3. The van der Waals surface area contributed by atoms with Crippen molar-refractivity contribution >= 4 is 5.71 Å². The number of hydrogen-bond donors (Lipinski definition) is 0. The van der Waals surface area contributed by atoms with E-state index in [2.05, 4.69) is 6.08 Å². The van der Waals surface area contributed by atoms with Crippen LogP contribution in [0.2, 0.25) is 0 Å². The Kier molecular flexibility index (Phi) is 4.35. The van der Waals surface area contributed by atoms with Crippen LogP contribution in [-0.4, -0.2) is 58.0 Å². The standard InChI is InChI=1S/C19H22FNO4/c1-22-16-8-14-13(18(23-2)19(16)24-3)6-10-9-25-15-7-11(20)4-5-12(15)17(10)21-14/h4-7,13-14,16,18-19H,8-9H2,1-3H3. The van der Waals surface area contributed by atoms with E-state index >= 15 is 0 Å². The van der Waals surface area contributed by atoms with Gasteiger partial charge in [-0.3, -0.25) is 4.99 Å². The molecule has 25 heavy (non-hydrogen) atoms. The van der Waals surface area contributed by atoms with E-state index in [1.807, 2.05) is 0 Å². The van der Waals surface area contributed by atoms with Gasteiger partial charge in [0.05, 0.1) is 24.0 Å². The molecule has 0 spiro atoms. The lowest BCUT2D eigenvalue weighted by Crippen LogP contribution is -2.55. The van der Waals surface area contributed by atoms with Crippen LogP contribution in [0.15, 0.2) is 34.8 Å². The van der Waals surface area contributed by atoms with Gasteiger partial charge in [-0.15, -0.1) is 0 Å². The van der Waals surface area contributed by atoms with Crippen LogP contribution in [0.3, 0.4) is 0 Å². The highest BCUT2D eigenvalue weighted by Crippen LogP contribution is 2.40. The van der Waals surface area contributed by atoms with Gasteiger partial charge in [0.1, 0.15) is 24.3 Å². The van der Waals surface area contributed by atoms with Gasteiger partial charge < -0.3 is 18.9 Å². The Morgan fingerprint density at radius 1 is 1.12 bits per heavy atom. The first-order chi connectivity index (χ1) is 12.2. The smallest absolute Gasteiger partial charge is 0.132 e. The van der Waals surface area contributed by atoms with E-state index in [0.29, 0.717) is 12.4 Å². The van der Waals surface area contributed by atoms with Crippen molar-refractivity contribution in [2.45, 2.75) is 30.8 Å². The topological polar surface area (TPSA) is 49.3 Å². The maximum Gasteiger partial charge on any atom is 0.132 e. The first-order valence-corrected chi connectivity index (χ1v) is 8.46. The van der Waals surface area contributed by atoms with Crippen molar-refractivity contribution < 1.29 is 23.3 Å². The van der Waals surface area contributed by atoms with E-state index in [-0.39, 0.29) is 36.1 Å². The molecule has 0 amide bonds. The fourth-order valence-electron chi connectivity index (χ4n) is 4.22. The fourth-order valence-corrected chi connectivity index (χ4v) is 4.22. The summed E-state index contributed by atoms with van der Waals surface area (Å²) in [6, 6.07) is 4.63. The molecule has 0 N–H and O–H groups in total. The van der Waals surface area contributed by atoms with Crippen LogP contribution in [0.4, 0.5) is 4.39 Å². The SMILES string of the molecule is COC1CC2N=C3C(=CC2C(OC)C1OC)COc1cc(F)ccc13. The number of ether oxygens (including phenoxy) is 4. The molecule has 1 aromatic rings. The van der Waals surface area contributed by atoms with Gasteiger partial charge in [0.15, 0.2) is 0 Å². The summed E-state index contributed by atoms with van der Waals surface area (Å²) in [5, 5.41) is 0.